The van der Waals surface area contributed by atoms with Gasteiger partial charge in [-0.15, -0.1) is 0 Å². The highest BCUT2D eigenvalue weighted by Gasteiger charge is 2.70. The Hall–Kier alpha value is -0.450. The van der Waals surface area contributed by atoms with Gasteiger partial charge in [-0.3, -0.25) is 4.79 Å². The molecule has 0 heterocycles. The van der Waals surface area contributed by atoms with Crippen molar-refractivity contribution >= 4 is 5.78 Å². The van der Waals surface area contributed by atoms with Gasteiger partial charge in [0.25, 0.3) is 0 Å². The molecule has 4 rings (SSSR count). The predicted octanol–water partition coefficient (Wildman–Crippen LogP) is 2.93. The monoisotopic (exact) mass is 364 g/mol. The van der Waals surface area contributed by atoms with Crippen molar-refractivity contribution in [1.29, 1.82) is 0 Å². The highest BCUT2D eigenvalue weighted by Crippen LogP contribution is 2.69. The second-order valence-corrected chi connectivity index (χ2v) is 10.7. The van der Waals surface area contributed by atoms with Crippen LogP contribution >= 0.6 is 0 Å². The van der Waals surface area contributed by atoms with Crippen molar-refractivity contribution in [2.75, 3.05) is 0 Å². The van der Waals surface area contributed by atoms with E-state index >= 15 is 0 Å². The molecule has 0 aliphatic heterocycles. The molecule has 0 radical (unpaired) electrons. The largest absolute Gasteiger partial charge is 0.393 e. The van der Waals surface area contributed by atoms with E-state index in [2.05, 4.69) is 13.8 Å². The SMILES string of the molecule is CC(=O)[C@@]1(O)[C@@H](C)C[C@H]2[C@@H]3CC[C@H]4C[C@H](O)CC[C@]4(C)[C@@H]3[C@H](O)C[C@@]21C. The highest BCUT2D eigenvalue weighted by atomic mass is 16.3. The Balaban J connectivity index is 1.73. The van der Waals surface area contributed by atoms with Crippen LogP contribution in [0.5, 0.6) is 0 Å². The minimum absolute atomic E-state index is 0.0559. The summed E-state index contributed by atoms with van der Waals surface area (Å²) in [6.45, 7) is 7.92. The molecule has 10 atom stereocenters. The Morgan fingerprint density at radius 3 is 2.42 bits per heavy atom. The van der Waals surface area contributed by atoms with Crippen molar-refractivity contribution in [2.24, 2.45) is 40.4 Å². The van der Waals surface area contributed by atoms with Gasteiger partial charge in [0.1, 0.15) is 5.60 Å². The Morgan fingerprint density at radius 1 is 1.08 bits per heavy atom. The number of hydrogen-bond donors (Lipinski definition) is 3. The second kappa shape index (κ2) is 5.78. The maximum atomic E-state index is 12.5. The van der Waals surface area contributed by atoms with Crippen LogP contribution in [0.25, 0.3) is 0 Å². The van der Waals surface area contributed by atoms with Gasteiger partial charge in [0.2, 0.25) is 0 Å². The van der Waals surface area contributed by atoms with Crippen molar-refractivity contribution in [3.63, 3.8) is 0 Å². The number of aliphatic hydroxyl groups is 3. The van der Waals surface area contributed by atoms with Crippen LogP contribution in [0.3, 0.4) is 0 Å². The lowest BCUT2D eigenvalue weighted by Gasteiger charge is -2.62. The van der Waals surface area contributed by atoms with Gasteiger partial charge in [0, 0.05) is 5.41 Å². The van der Waals surface area contributed by atoms with Gasteiger partial charge < -0.3 is 15.3 Å². The van der Waals surface area contributed by atoms with E-state index in [0.717, 1.165) is 38.5 Å². The van der Waals surface area contributed by atoms with Crippen LogP contribution in [0.4, 0.5) is 0 Å². The first-order chi connectivity index (χ1) is 12.1. The number of rotatable bonds is 1. The summed E-state index contributed by atoms with van der Waals surface area (Å²) in [5.74, 6) is 1.19. The molecule has 4 nitrogen and oxygen atoms in total. The summed E-state index contributed by atoms with van der Waals surface area (Å²) >= 11 is 0. The smallest absolute Gasteiger partial charge is 0.162 e. The Labute approximate surface area is 157 Å². The van der Waals surface area contributed by atoms with Crippen molar-refractivity contribution in [2.45, 2.75) is 90.4 Å². The number of aliphatic hydroxyl groups excluding tert-OH is 2. The molecule has 0 amide bonds. The summed E-state index contributed by atoms with van der Waals surface area (Å²) in [5, 5.41) is 32.9. The number of ketones is 1. The molecule has 3 N–H and O–H groups in total. The van der Waals surface area contributed by atoms with E-state index in [1.165, 1.54) is 6.92 Å². The standard InChI is InChI=1S/C22H36O4/c1-12-9-17-16-6-5-14-10-15(24)7-8-20(14,3)19(16)18(25)11-21(17,4)22(12,26)13(2)23/h12,14-19,24-26H,5-11H2,1-4H3/t12-,14-,15+,16-,17-,18+,19-,20-,21-,22-/m0/s1. The maximum absolute atomic E-state index is 12.5. The number of Topliss-reactive ketones (excluding diaryl/α,β-unsaturated/α-hetero) is 1. The van der Waals surface area contributed by atoms with Crippen molar-refractivity contribution in [1.82, 2.24) is 0 Å². The zero-order valence-corrected chi connectivity index (χ0v) is 16.7. The summed E-state index contributed by atoms with van der Waals surface area (Å²) < 4.78 is 0. The van der Waals surface area contributed by atoms with Gasteiger partial charge in [0.15, 0.2) is 5.78 Å². The summed E-state index contributed by atoms with van der Waals surface area (Å²) in [6, 6.07) is 0. The van der Waals surface area contributed by atoms with Crippen molar-refractivity contribution < 1.29 is 20.1 Å². The Bertz CT molecular complexity index is 605. The van der Waals surface area contributed by atoms with Crippen LogP contribution in [0.2, 0.25) is 0 Å². The van der Waals surface area contributed by atoms with Crippen LogP contribution in [-0.4, -0.2) is 38.9 Å². The molecule has 0 aromatic heterocycles. The molecule has 148 valence electrons. The fourth-order valence-electron chi connectivity index (χ4n) is 8.44. The van der Waals surface area contributed by atoms with Gasteiger partial charge in [-0.2, -0.15) is 0 Å². The molecule has 0 unspecified atom stereocenters. The molecule has 0 spiro atoms. The zero-order chi connectivity index (χ0) is 19.1. The molecular formula is C22H36O4. The number of hydrogen-bond acceptors (Lipinski definition) is 4. The molecule has 4 fully saturated rings. The van der Waals surface area contributed by atoms with Gasteiger partial charge in [0.05, 0.1) is 12.2 Å². The zero-order valence-electron chi connectivity index (χ0n) is 16.7. The van der Waals surface area contributed by atoms with Crippen molar-refractivity contribution in [3.8, 4) is 0 Å². The molecule has 0 aromatic rings. The molecule has 4 aliphatic rings. The third-order valence-electron chi connectivity index (χ3n) is 9.69. The van der Waals surface area contributed by atoms with Gasteiger partial charge in [-0.25, -0.2) is 0 Å². The lowest BCUT2D eigenvalue weighted by molar-refractivity contribution is -0.203. The summed E-state index contributed by atoms with van der Waals surface area (Å²) in [6.07, 6.45) is 5.56. The average Bonchev–Trinajstić information content (AvgIpc) is 2.76. The number of carbonyl (C=O) groups excluding carboxylic acids is 1. The van der Waals surface area contributed by atoms with E-state index in [0.29, 0.717) is 24.2 Å². The lowest BCUT2D eigenvalue weighted by Crippen LogP contribution is -2.63. The highest BCUT2D eigenvalue weighted by molar-refractivity contribution is 5.86. The molecule has 4 saturated carbocycles. The first-order valence-electron chi connectivity index (χ1n) is 10.6. The summed E-state index contributed by atoms with van der Waals surface area (Å²) in [4.78, 5) is 12.5. The van der Waals surface area contributed by atoms with E-state index in [1.807, 2.05) is 6.92 Å². The maximum Gasteiger partial charge on any atom is 0.162 e. The summed E-state index contributed by atoms with van der Waals surface area (Å²) in [5.41, 5.74) is -1.77. The van der Waals surface area contributed by atoms with Crippen molar-refractivity contribution in [3.05, 3.63) is 0 Å². The minimum atomic E-state index is -1.32. The predicted molar refractivity (Wildman–Crippen MR) is 99.3 cm³/mol. The molecule has 0 aromatic carbocycles. The van der Waals surface area contributed by atoms with Crippen LogP contribution in [0, 0.1) is 40.4 Å². The first kappa shape index (κ1) is 18.9. The molecule has 26 heavy (non-hydrogen) atoms. The second-order valence-electron chi connectivity index (χ2n) is 10.7. The topological polar surface area (TPSA) is 77.8 Å². The van der Waals surface area contributed by atoms with Gasteiger partial charge in [-0.05, 0) is 86.9 Å². The fraction of sp³-hybridized carbons (Fsp3) is 0.955. The van der Waals surface area contributed by atoms with Crippen LogP contribution in [-0.2, 0) is 4.79 Å². The molecular weight excluding hydrogens is 328 g/mol. The third kappa shape index (κ3) is 2.15. The van der Waals surface area contributed by atoms with Gasteiger partial charge >= 0.3 is 0 Å². The number of fused-ring (bicyclic) bond motifs is 5. The first-order valence-corrected chi connectivity index (χ1v) is 10.6. The molecule has 4 heteroatoms. The Kier molecular flexibility index (Phi) is 4.20. The summed E-state index contributed by atoms with van der Waals surface area (Å²) in [7, 11) is 0. The fourth-order valence-corrected chi connectivity index (χ4v) is 8.44. The number of carbonyl (C=O) groups is 1. The Morgan fingerprint density at radius 2 is 1.77 bits per heavy atom. The van der Waals surface area contributed by atoms with Crippen LogP contribution in [0.1, 0.15) is 72.6 Å². The quantitative estimate of drug-likeness (QED) is 0.668. The lowest BCUT2D eigenvalue weighted by atomic mass is 9.43. The molecule has 0 bridgehead atoms. The third-order valence-corrected chi connectivity index (χ3v) is 9.69. The van der Waals surface area contributed by atoms with E-state index in [9.17, 15) is 20.1 Å². The van der Waals surface area contributed by atoms with Crippen LogP contribution < -0.4 is 0 Å². The average molecular weight is 365 g/mol. The van der Waals surface area contributed by atoms with Gasteiger partial charge in [-0.1, -0.05) is 20.8 Å². The van der Waals surface area contributed by atoms with E-state index < -0.39 is 17.1 Å². The minimum Gasteiger partial charge on any atom is -0.393 e. The van der Waals surface area contributed by atoms with E-state index in [1.54, 1.807) is 0 Å². The van der Waals surface area contributed by atoms with Crippen LogP contribution in [0.15, 0.2) is 0 Å². The molecule has 0 saturated heterocycles. The normalized spacial score (nSPS) is 59.3. The van der Waals surface area contributed by atoms with E-state index in [4.69, 9.17) is 0 Å². The molecule has 4 aliphatic carbocycles. The van der Waals surface area contributed by atoms with E-state index in [-0.39, 0.29) is 29.1 Å².